The first-order chi connectivity index (χ1) is 34.2. The molecule has 374 valence electrons. The van der Waals surface area contributed by atoms with E-state index in [1.807, 2.05) is 6.07 Å². The molecule has 3 aromatic heterocycles. The van der Waals surface area contributed by atoms with E-state index in [0.29, 0.717) is 63.5 Å². The number of ether oxygens (including phenoxy) is 4. The lowest BCUT2D eigenvalue weighted by atomic mass is 9.97. The second-order valence-electron chi connectivity index (χ2n) is 15.2. The van der Waals surface area contributed by atoms with Crippen molar-refractivity contribution in [2.45, 2.75) is 38.1 Å². The summed E-state index contributed by atoms with van der Waals surface area (Å²) in [6.45, 7) is 0.764. The van der Waals surface area contributed by atoms with E-state index in [9.17, 15) is 36.7 Å². The van der Waals surface area contributed by atoms with Crippen molar-refractivity contribution in [1.82, 2.24) is 24.8 Å². The van der Waals surface area contributed by atoms with Gasteiger partial charge < -0.3 is 40.6 Å². The molecule has 0 unspecified atom stereocenters. The Kier molecular flexibility index (Phi) is 18.9. The molecule has 0 radical (unpaired) electrons. The van der Waals surface area contributed by atoms with Crippen LogP contribution in [0, 0.1) is 23.3 Å². The van der Waals surface area contributed by atoms with Crippen LogP contribution in [0.1, 0.15) is 68.2 Å². The largest absolute Gasteiger partial charge is 0.492 e. The molecule has 0 saturated heterocycles. The Balaban J connectivity index is 0.000000188. The van der Waals surface area contributed by atoms with E-state index >= 15 is 0 Å². The van der Waals surface area contributed by atoms with Gasteiger partial charge in [0.05, 0.1) is 51.8 Å². The lowest BCUT2D eigenvalue weighted by Crippen LogP contribution is -2.33. The van der Waals surface area contributed by atoms with Gasteiger partial charge in [0.2, 0.25) is 0 Å². The van der Waals surface area contributed by atoms with Crippen LogP contribution >= 0.6 is 35.6 Å². The van der Waals surface area contributed by atoms with E-state index < -0.39 is 53.3 Å². The van der Waals surface area contributed by atoms with Crippen molar-refractivity contribution in [3.8, 4) is 11.5 Å². The molecule has 0 fully saturated rings. The zero-order valence-electron chi connectivity index (χ0n) is 37.3. The number of rotatable bonds is 9. The minimum Gasteiger partial charge on any atom is -0.492 e. The topological polar surface area (TPSA) is 211 Å². The van der Waals surface area contributed by atoms with Crippen molar-refractivity contribution in [1.29, 1.82) is 0 Å². The molecule has 2 aliphatic rings. The van der Waals surface area contributed by atoms with Crippen LogP contribution in [0.15, 0.2) is 128 Å². The zero-order valence-corrected chi connectivity index (χ0v) is 39.7. The normalized spacial score (nSPS) is 14.0. The lowest BCUT2D eigenvalue weighted by molar-refractivity contribution is 0.101. The summed E-state index contributed by atoms with van der Waals surface area (Å²) in [4.78, 5) is 60.6. The van der Waals surface area contributed by atoms with Crippen molar-refractivity contribution < 1.29 is 55.7 Å². The molecule has 4 aromatic carbocycles. The third kappa shape index (κ3) is 14.4. The van der Waals surface area contributed by atoms with Crippen LogP contribution in [0.5, 0.6) is 11.5 Å². The number of alkyl carbamates (subject to hydrolysis) is 1. The maximum absolute atomic E-state index is 13.5. The fourth-order valence-corrected chi connectivity index (χ4v) is 7.04. The number of carbonyl (C=O) groups excluding carboxylic acids is 4. The lowest BCUT2D eigenvalue weighted by Gasteiger charge is -2.27. The highest BCUT2D eigenvalue weighted by Gasteiger charge is 2.28. The predicted molar refractivity (Wildman–Crippen MR) is 258 cm³/mol. The van der Waals surface area contributed by atoms with Crippen molar-refractivity contribution in [2.24, 2.45) is 5.73 Å². The first kappa shape index (κ1) is 53.6. The van der Waals surface area contributed by atoms with Crippen LogP contribution in [0.4, 0.5) is 38.5 Å². The summed E-state index contributed by atoms with van der Waals surface area (Å²) in [7, 11) is 0. The monoisotopic (exact) mass is 1050 g/mol. The van der Waals surface area contributed by atoms with Gasteiger partial charge in [-0.05, 0) is 60.7 Å². The Morgan fingerprint density at radius 1 is 0.681 bits per heavy atom. The summed E-state index contributed by atoms with van der Waals surface area (Å²) >= 11 is 11.5. The minimum absolute atomic E-state index is 0. The van der Waals surface area contributed by atoms with Gasteiger partial charge in [0.1, 0.15) is 31.0 Å². The average molecular weight is 1050 g/mol. The summed E-state index contributed by atoms with van der Waals surface area (Å²) in [5.41, 5.74) is 9.32. The fourth-order valence-electron chi connectivity index (χ4n) is 6.81. The standard InChI is InChI=1S/C23H18ClF2N3O4.C16H14F2N2O2.C10H8ClN3O2.ClH/c24-13-4-5-15(27-11-13)12-33-23(31)29-20-8-9-32-21-16(20)2-1-3-17(21)22(30)28-14-6-7-18(25)19(26)10-14;17-12-5-4-9(8-13(12)18)20-16(21)11-3-1-2-10-14(19)6-7-22-15(10)11;11-8-1-2-9(13-5-8)6-16-10(15)14-4-3-12-7-14;/h1-7,10-11,20H,8-9,12H2,(H,28,30)(H,29,31);1-5,8,14H,6-7,19H2,(H,20,21);1-5,7H,6H2;1H/t20-;14-;;/m00../s1. The third-order valence-electron chi connectivity index (χ3n) is 10.3. The summed E-state index contributed by atoms with van der Waals surface area (Å²) in [5, 5.41) is 8.84. The van der Waals surface area contributed by atoms with Gasteiger partial charge >= 0.3 is 12.2 Å². The summed E-state index contributed by atoms with van der Waals surface area (Å²) < 4.78 is 75.4. The van der Waals surface area contributed by atoms with Crippen molar-refractivity contribution in [2.75, 3.05) is 23.8 Å². The molecule has 16 nitrogen and oxygen atoms in total. The van der Waals surface area contributed by atoms with Crippen LogP contribution in [0.2, 0.25) is 10.0 Å². The number of halogens is 7. The van der Waals surface area contributed by atoms with Crippen LogP contribution in [0.25, 0.3) is 0 Å². The number of hydrogen-bond donors (Lipinski definition) is 4. The molecule has 7 aromatic rings. The summed E-state index contributed by atoms with van der Waals surface area (Å²) in [5.74, 6) is -4.35. The van der Waals surface area contributed by atoms with Crippen molar-refractivity contribution >= 4 is 71.0 Å². The molecule has 5 heterocycles. The first-order valence-corrected chi connectivity index (χ1v) is 22.1. The molecule has 23 heteroatoms. The van der Waals surface area contributed by atoms with Gasteiger partial charge in [-0.3, -0.25) is 19.6 Å². The fraction of sp³-hybridized carbons (Fsp3) is 0.163. The molecule has 2 atom stereocenters. The molecule has 0 bridgehead atoms. The molecular formula is C49H41Cl3F4N8O8. The van der Waals surface area contributed by atoms with Gasteiger partial charge in [0.15, 0.2) is 23.3 Å². The van der Waals surface area contributed by atoms with Crippen LogP contribution in [-0.2, 0) is 22.7 Å². The number of nitrogens with two attached hydrogens (primary N) is 1. The van der Waals surface area contributed by atoms with E-state index in [-0.39, 0.29) is 55.2 Å². The quantitative estimate of drug-likeness (QED) is 0.0995. The highest BCUT2D eigenvalue weighted by Crippen LogP contribution is 2.36. The van der Waals surface area contributed by atoms with E-state index in [0.717, 1.165) is 29.8 Å². The second kappa shape index (κ2) is 25.4. The number of anilines is 2. The maximum Gasteiger partial charge on any atom is 0.419 e. The number of aromatic nitrogens is 4. The Morgan fingerprint density at radius 3 is 1.72 bits per heavy atom. The SMILES string of the molecule is Cl.N[C@H]1CCOc2c(C(=O)Nc3ccc(F)c(F)c3)cccc21.O=C(N[C@H]1CCOc2c(C(=O)Nc3ccc(F)c(F)c3)cccc21)OCc1ccc(Cl)cn1.O=C(OCc1ccc(Cl)cn1)n1ccnc1. The third-order valence-corrected chi connectivity index (χ3v) is 10.8. The molecule has 0 spiro atoms. The van der Waals surface area contributed by atoms with Crippen LogP contribution in [-0.4, -0.2) is 56.7 Å². The highest BCUT2D eigenvalue weighted by atomic mass is 35.5. The smallest absolute Gasteiger partial charge is 0.419 e. The molecule has 5 N–H and O–H groups in total. The number of para-hydroxylation sites is 2. The van der Waals surface area contributed by atoms with Crippen LogP contribution in [0.3, 0.4) is 0 Å². The van der Waals surface area contributed by atoms with E-state index in [4.69, 9.17) is 47.9 Å². The zero-order chi connectivity index (χ0) is 50.4. The number of benzene rings is 4. The molecule has 0 saturated carbocycles. The van der Waals surface area contributed by atoms with Crippen molar-refractivity contribution in [3.05, 3.63) is 195 Å². The number of nitrogens with one attached hydrogen (secondary N) is 3. The number of hydrogen-bond acceptors (Lipinski definition) is 12. The van der Waals surface area contributed by atoms with Gasteiger partial charge in [-0.2, -0.15) is 0 Å². The van der Waals surface area contributed by atoms with Gasteiger partial charge in [-0.1, -0.05) is 47.5 Å². The second-order valence-corrected chi connectivity index (χ2v) is 16.1. The number of fused-ring (bicyclic) bond motifs is 2. The predicted octanol–water partition coefficient (Wildman–Crippen LogP) is 10.6. The number of amides is 3. The Hall–Kier alpha value is -7.78. The number of carbonyl (C=O) groups is 4. The van der Waals surface area contributed by atoms with Gasteiger partial charge in [-0.25, -0.2) is 36.7 Å². The van der Waals surface area contributed by atoms with E-state index in [1.54, 1.807) is 54.6 Å². The first-order valence-electron chi connectivity index (χ1n) is 21.3. The van der Waals surface area contributed by atoms with Gasteiger partial charge in [0, 0.05) is 78.3 Å². The number of nitrogens with zero attached hydrogens (tertiary/aromatic N) is 4. The number of imidazole rings is 1. The van der Waals surface area contributed by atoms with Gasteiger partial charge in [0.25, 0.3) is 11.8 Å². The average Bonchev–Trinajstić information content (AvgIpc) is 3.92. The Labute approximate surface area is 424 Å². The van der Waals surface area contributed by atoms with Gasteiger partial charge in [-0.15, -0.1) is 12.4 Å². The van der Waals surface area contributed by atoms with E-state index in [2.05, 4.69) is 30.9 Å². The molecule has 2 aliphatic heterocycles. The molecule has 9 rings (SSSR count). The van der Waals surface area contributed by atoms with Crippen LogP contribution < -0.4 is 31.2 Å². The molecule has 3 amide bonds. The molecule has 72 heavy (non-hydrogen) atoms. The molecule has 0 aliphatic carbocycles. The highest BCUT2D eigenvalue weighted by molar-refractivity contribution is 6.30. The Morgan fingerprint density at radius 2 is 1.21 bits per heavy atom. The van der Waals surface area contributed by atoms with Crippen molar-refractivity contribution in [3.63, 3.8) is 0 Å². The minimum atomic E-state index is -1.07. The number of pyridine rings is 2. The Bertz CT molecular complexity index is 3020. The molecular weight excluding hydrogens is 1010 g/mol. The van der Waals surface area contributed by atoms with E-state index in [1.165, 1.54) is 47.8 Å². The maximum atomic E-state index is 13.5. The summed E-state index contributed by atoms with van der Waals surface area (Å²) in [6.07, 6.45) is 7.35. The summed E-state index contributed by atoms with van der Waals surface area (Å²) in [6, 6.07) is 22.3.